The third-order valence-electron chi connectivity index (χ3n) is 2.20. The Labute approximate surface area is 77.6 Å². The number of rotatable bonds is 2. The number of hydrogen-bond donors (Lipinski definition) is 1. The van der Waals surface area contributed by atoms with E-state index in [0.717, 1.165) is 12.1 Å². The molecule has 2 aromatic rings. The first-order chi connectivity index (χ1) is 6.36. The number of H-pyrrole nitrogens is 1. The molecule has 1 heterocycles. The standard InChI is InChI=1S/C11H12N2/c1-9-4-2-3-5-10(9)8-11-6-7-12-13-11/h2-7H,8H2,1H3,(H,12,13). The minimum absolute atomic E-state index is 0.937. The molecule has 1 aromatic heterocycles. The van der Waals surface area contributed by atoms with E-state index < -0.39 is 0 Å². The molecule has 0 aliphatic heterocycles. The minimum atomic E-state index is 0.937. The second-order valence-electron chi connectivity index (χ2n) is 3.19. The molecular weight excluding hydrogens is 160 g/mol. The number of nitrogens with one attached hydrogen (secondary N) is 1. The average molecular weight is 172 g/mol. The van der Waals surface area contributed by atoms with Gasteiger partial charge in [0.2, 0.25) is 0 Å². The summed E-state index contributed by atoms with van der Waals surface area (Å²) in [6, 6.07) is 10.4. The summed E-state index contributed by atoms with van der Waals surface area (Å²) in [5.74, 6) is 0. The summed E-state index contributed by atoms with van der Waals surface area (Å²) in [7, 11) is 0. The van der Waals surface area contributed by atoms with Crippen molar-refractivity contribution in [1.29, 1.82) is 0 Å². The fourth-order valence-corrected chi connectivity index (χ4v) is 1.40. The van der Waals surface area contributed by atoms with Crippen LogP contribution in [0.3, 0.4) is 0 Å². The van der Waals surface area contributed by atoms with Crippen molar-refractivity contribution in [2.24, 2.45) is 0 Å². The van der Waals surface area contributed by atoms with Crippen LogP contribution in [-0.4, -0.2) is 10.2 Å². The van der Waals surface area contributed by atoms with Crippen LogP contribution in [0.5, 0.6) is 0 Å². The van der Waals surface area contributed by atoms with Crippen LogP contribution < -0.4 is 0 Å². The lowest BCUT2D eigenvalue weighted by Crippen LogP contribution is -1.91. The fourth-order valence-electron chi connectivity index (χ4n) is 1.40. The molecular formula is C11H12N2. The van der Waals surface area contributed by atoms with E-state index in [1.54, 1.807) is 6.20 Å². The molecule has 0 radical (unpaired) electrons. The second kappa shape index (κ2) is 3.44. The van der Waals surface area contributed by atoms with Crippen molar-refractivity contribution in [3.63, 3.8) is 0 Å². The highest BCUT2D eigenvalue weighted by Gasteiger charge is 1.99. The summed E-state index contributed by atoms with van der Waals surface area (Å²) in [5.41, 5.74) is 3.85. The summed E-state index contributed by atoms with van der Waals surface area (Å²) in [6.07, 6.45) is 2.72. The van der Waals surface area contributed by atoms with Gasteiger partial charge in [0.15, 0.2) is 0 Å². The number of aryl methyl sites for hydroxylation is 1. The van der Waals surface area contributed by atoms with Crippen LogP contribution in [-0.2, 0) is 6.42 Å². The Bertz CT molecular complexity index is 377. The van der Waals surface area contributed by atoms with Gasteiger partial charge in [-0.1, -0.05) is 24.3 Å². The average Bonchev–Trinajstić information content (AvgIpc) is 2.61. The van der Waals surface area contributed by atoms with Gasteiger partial charge in [-0.25, -0.2) is 0 Å². The van der Waals surface area contributed by atoms with Crippen LogP contribution in [0, 0.1) is 6.92 Å². The van der Waals surface area contributed by atoms with Crippen LogP contribution in [0.2, 0.25) is 0 Å². The number of nitrogens with zero attached hydrogens (tertiary/aromatic N) is 1. The van der Waals surface area contributed by atoms with E-state index in [1.165, 1.54) is 11.1 Å². The van der Waals surface area contributed by atoms with Crippen molar-refractivity contribution in [2.75, 3.05) is 0 Å². The van der Waals surface area contributed by atoms with Crippen molar-refractivity contribution in [3.05, 3.63) is 53.3 Å². The van der Waals surface area contributed by atoms with E-state index in [9.17, 15) is 0 Å². The van der Waals surface area contributed by atoms with E-state index in [4.69, 9.17) is 0 Å². The maximum atomic E-state index is 3.92. The van der Waals surface area contributed by atoms with Crippen LogP contribution in [0.4, 0.5) is 0 Å². The Morgan fingerprint density at radius 3 is 2.77 bits per heavy atom. The first-order valence-electron chi connectivity index (χ1n) is 4.39. The van der Waals surface area contributed by atoms with E-state index in [2.05, 4.69) is 41.4 Å². The molecule has 66 valence electrons. The SMILES string of the molecule is Cc1ccccc1Cc1ccn[nH]1. The Hall–Kier alpha value is -1.57. The number of benzene rings is 1. The first-order valence-corrected chi connectivity index (χ1v) is 4.39. The molecule has 0 bridgehead atoms. The van der Waals surface area contributed by atoms with Gasteiger partial charge in [0.05, 0.1) is 0 Å². The molecule has 0 saturated heterocycles. The molecule has 0 unspecified atom stereocenters. The summed E-state index contributed by atoms with van der Waals surface area (Å²) in [5, 5.41) is 6.89. The Kier molecular flexibility index (Phi) is 2.13. The predicted molar refractivity (Wildman–Crippen MR) is 52.6 cm³/mol. The fraction of sp³-hybridized carbons (Fsp3) is 0.182. The molecule has 0 amide bonds. The molecule has 0 aliphatic rings. The molecule has 0 spiro atoms. The zero-order valence-electron chi connectivity index (χ0n) is 7.62. The van der Waals surface area contributed by atoms with Crippen molar-refractivity contribution in [1.82, 2.24) is 10.2 Å². The molecule has 0 saturated carbocycles. The quantitative estimate of drug-likeness (QED) is 0.739. The van der Waals surface area contributed by atoms with Crippen molar-refractivity contribution >= 4 is 0 Å². The highest BCUT2D eigenvalue weighted by atomic mass is 15.1. The highest BCUT2D eigenvalue weighted by molar-refractivity contribution is 5.29. The van der Waals surface area contributed by atoms with Gasteiger partial charge in [0.25, 0.3) is 0 Å². The van der Waals surface area contributed by atoms with Crippen LogP contribution >= 0.6 is 0 Å². The maximum Gasteiger partial charge on any atom is 0.0490 e. The lowest BCUT2D eigenvalue weighted by molar-refractivity contribution is 0.990. The molecule has 13 heavy (non-hydrogen) atoms. The van der Waals surface area contributed by atoms with Gasteiger partial charge in [-0.2, -0.15) is 5.10 Å². The summed E-state index contributed by atoms with van der Waals surface area (Å²) in [4.78, 5) is 0. The minimum Gasteiger partial charge on any atom is -0.282 e. The summed E-state index contributed by atoms with van der Waals surface area (Å²) in [6.45, 7) is 2.13. The molecule has 1 aromatic carbocycles. The van der Waals surface area contributed by atoms with Gasteiger partial charge >= 0.3 is 0 Å². The molecule has 2 nitrogen and oxygen atoms in total. The predicted octanol–water partition coefficient (Wildman–Crippen LogP) is 2.31. The monoisotopic (exact) mass is 172 g/mol. The van der Waals surface area contributed by atoms with Crippen LogP contribution in [0.25, 0.3) is 0 Å². The lowest BCUT2D eigenvalue weighted by Gasteiger charge is -2.02. The molecule has 0 atom stereocenters. The lowest BCUT2D eigenvalue weighted by atomic mass is 10.0. The van der Waals surface area contributed by atoms with E-state index >= 15 is 0 Å². The highest BCUT2D eigenvalue weighted by Crippen LogP contribution is 2.11. The smallest absolute Gasteiger partial charge is 0.0490 e. The molecule has 0 fully saturated rings. The van der Waals surface area contributed by atoms with Gasteiger partial charge in [-0.05, 0) is 24.1 Å². The third-order valence-corrected chi connectivity index (χ3v) is 2.20. The maximum absolute atomic E-state index is 3.92. The Morgan fingerprint density at radius 1 is 1.23 bits per heavy atom. The van der Waals surface area contributed by atoms with Crippen LogP contribution in [0.15, 0.2) is 36.5 Å². The largest absolute Gasteiger partial charge is 0.282 e. The van der Waals surface area contributed by atoms with Crippen molar-refractivity contribution in [2.45, 2.75) is 13.3 Å². The Morgan fingerprint density at radius 2 is 2.08 bits per heavy atom. The van der Waals surface area contributed by atoms with Gasteiger partial charge < -0.3 is 0 Å². The molecule has 2 heteroatoms. The van der Waals surface area contributed by atoms with E-state index in [0.29, 0.717) is 0 Å². The number of aromatic nitrogens is 2. The first kappa shape index (κ1) is 8.05. The normalized spacial score (nSPS) is 10.2. The topological polar surface area (TPSA) is 28.7 Å². The third kappa shape index (κ3) is 1.78. The molecule has 1 N–H and O–H groups in total. The summed E-state index contributed by atoms with van der Waals surface area (Å²) >= 11 is 0. The van der Waals surface area contributed by atoms with Crippen molar-refractivity contribution < 1.29 is 0 Å². The molecule has 2 rings (SSSR count). The van der Waals surface area contributed by atoms with Gasteiger partial charge in [0.1, 0.15) is 0 Å². The van der Waals surface area contributed by atoms with Gasteiger partial charge in [0, 0.05) is 18.3 Å². The molecule has 0 aliphatic carbocycles. The summed E-state index contributed by atoms with van der Waals surface area (Å²) < 4.78 is 0. The van der Waals surface area contributed by atoms with Gasteiger partial charge in [-0.3, -0.25) is 5.10 Å². The Balaban J connectivity index is 2.24. The zero-order valence-corrected chi connectivity index (χ0v) is 7.62. The van der Waals surface area contributed by atoms with E-state index in [-0.39, 0.29) is 0 Å². The number of aromatic amines is 1. The van der Waals surface area contributed by atoms with Crippen molar-refractivity contribution in [3.8, 4) is 0 Å². The van der Waals surface area contributed by atoms with Crippen LogP contribution in [0.1, 0.15) is 16.8 Å². The number of hydrogen-bond acceptors (Lipinski definition) is 1. The van der Waals surface area contributed by atoms with E-state index in [1.807, 2.05) is 6.07 Å². The zero-order chi connectivity index (χ0) is 9.10. The second-order valence-corrected chi connectivity index (χ2v) is 3.19. The van der Waals surface area contributed by atoms with Gasteiger partial charge in [-0.15, -0.1) is 0 Å².